The molecule has 0 spiro atoms. The van der Waals surface area contributed by atoms with Gasteiger partial charge in [-0.3, -0.25) is 4.79 Å². The second-order valence-corrected chi connectivity index (χ2v) is 2.78. The molecule has 2 N–H and O–H groups in total. The topological polar surface area (TPSA) is 46.3 Å². The van der Waals surface area contributed by atoms with Gasteiger partial charge in [0.05, 0.1) is 5.92 Å². The van der Waals surface area contributed by atoms with Crippen LogP contribution in [0.3, 0.4) is 0 Å². The van der Waals surface area contributed by atoms with E-state index in [1.807, 2.05) is 0 Å². The molecule has 0 radical (unpaired) electrons. The fourth-order valence-electron chi connectivity index (χ4n) is 1.35. The Bertz CT molecular complexity index is 136. The molecule has 1 aliphatic rings. The van der Waals surface area contributed by atoms with Crippen LogP contribution >= 0.6 is 0 Å². The summed E-state index contributed by atoms with van der Waals surface area (Å²) in [6, 6.07) is 0. The molecular weight excluding hydrogens is 128 g/mol. The smallest absolute Gasteiger partial charge is 0.221 e. The molecule has 0 aromatic rings. The lowest BCUT2D eigenvalue weighted by atomic mass is 10.1. The van der Waals surface area contributed by atoms with Gasteiger partial charge in [0.1, 0.15) is 0 Å². The summed E-state index contributed by atoms with van der Waals surface area (Å²) >= 11 is 0. The first-order valence-corrected chi connectivity index (χ1v) is 3.75. The summed E-state index contributed by atoms with van der Waals surface area (Å²) in [7, 11) is 0. The van der Waals surface area contributed by atoms with Crippen LogP contribution in [0.4, 0.5) is 0 Å². The van der Waals surface area contributed by atoms with Gasteiger partial charge >= 0.3 is 0 Å². The third kappa shape index (κ3) is 1.48. The number of carbonyl (C=O) groups is 1. The fraction of sp³-hybridized carbons (Fsp3) is 0.857. The van der Waals surface area contributed by atoms with Crippen LogP contribution in [0.25, 0.3) is 0 Å². The Hall–Kier alpha value is -0.570. The van der Waals surface area contributed by atoms with Gasteiger partial charge in [0.15, 0.2) is 0 Å². The maximum atomic E-state index is 10.7. The monoisotopic (exact) mass is 142 g/mol. The molecule has 1 heterocycles. The van der Waals surface area contributed by atoms with E-state index >= 15 is 0 Å². The third-order valence-corrected chi connectivity index (χ3v) is 2.12. The number of nitrogens with two attached hydrogens (primary N) is 1. The van der Waals surface area contributed by atoms with Crippen LogP contribution in [0.1, 0.15) is 13.3 Å². The lowest BCUT2D eigenvalue weighted by molar-refractivity contribution is -0.121. The lowest BCUT2D eigenvalue weighted by Crippen LogP contribution is -2.27. The average Bonchev–Trinajstić information content (AvgIpc) is 2.34. The summed E-state index contributed by atoms with van der Waals surface area (Å²) in [5.74, 6) is -0.0316. The van der Waals surface area contributed by atoms with Crippen LogP contribution in [0, 0.1) is 5.92 Å². The molecule has 0 aliphatic carbocycles. The minimum absolute atomic E-state index is 0.111. The van der Waals surface area contributed by atoms with Crippen LogP contribution in [0.5, 0.6) is 0 Å². The van der Waals surface area contributed by atoms with Crippen LogP contribution in [0.2, 0.25) is 0 Å². The summed E-state index contributed by atoms with van der Waals surface area (Å²) in [5, 5.41) is 0. The summed E-state index contributed by atoms with van der Waals surface area (Å²) in [4.78, 5) is 12.9. The molecule has 58 valence electrons. The molecule has 1 saturated heterocycles. The van der Waals surface area contributed by atoms with Crippen LogP contribution in [-0.4, -0.2) is 30.4 Å². The zero-order chi connectivity index (χ0) is 7.56. The number of nitrogens with zero attached hydrogens (tertiary/aromatic N) is 1. The quantitative estimate of drug-likeness (QED) is 0.581. The number of hydrogen-bond donors (Lipinski definition) is 1. The second-order valence-electron chi connectivity index (χ2n) is 2.78. The summed E-state index contributed by atoms with van der Waals surface area (Å²) in [6.45, 7) is 5.03. The number of likely N-dealkylation sites (tertiary alicyclic amines) is 1. The van der Waals surface area contributed by atoms with Crippen molar-refractivity contribution in [1.29, 1.82) is 0 Å². The average molecular weight is 142 g/mol. The van der Waals surface area contributed by atoms with Gasteiger partial charge in [-0.2, -0.15) is 0 Å². The van der Waals surface area contributed by atoms with Crippen molar-refractivity contribution in [3.05, 3.63) is 0 Å². The van der Waals surface area contributed by atoms with Crippen molar-refractivity contribution >= 4 is 5.91 Å². The minimum Gasteiger partial charge on any atom is -0.369 e. The molecule has 1 fully saturated rings. The number of primary amides is 1. The van der Waals surface area contributed by atoms with E-state index < -0.39 is 0 Å². The Kier molecular flexibility index (Phi) is 2.27. The lowest BCUT2D eigenvalue weighted by Gasteiger charge is -2.10. The molecule has 1 aliphatic heterocycles. The van der Waals surface area contributed by atoms with Crippen molar-refractivity contribution in [3.8, 4) is 0 Å². The largest absolute Gasteiger partial charge is 0.369 e. The third-order valence-electron chi connectivity index (χ3n) is 2.12. The predicted molar refractivity (Wildman–Crippen MR) is 39.4 cm³/mol. The molecule has 1 amide bonds. The van der Waals surface area contributed by atoms with Gasteiger partial charge < -0.3 is 10.6 Å². The maximum Gasteiger partial charge on any atom is 0.221 e. The Morgan fingerprint density at radius 1 is 1.80 bits per heavy atom. The maximum absolute atomic E-state index is 10.7. The highest BCUT2D eigenvalue weighted by Crippen LogP contribution is 2.14. The van der Waals surface area contributed by atoms with Gasteiger partial charge in [0.25, 0.3) is 0 Å². The van der Waals surface area contributed by atoms with Gasteiger partial charge in [0, 0.05) is 6.54 Å². The zero-order valence-corrected chi connectivity index (χ0v) is 6.34. The highest BCUT2D eigenvalue weighted by atomic mass is 16.1. The van der Waals surface area contributed by atoms with E-state index in [9.17, 15) is 4.79 Å². The molecule has 0 bridgehead atoms. The highest BCUT2D eigenvalue weighted by Gasteiger charge is 2.24. The van der Waals surface area contributed by atoms with Crippen molar-refractivity contribution < 1.29 is 4.79 Å². The Morgan fingerprint density at radius 2 is 2.50 bits per heavy atom. The van der Waals surface area contributed by atoms with E-state index in [-0.39, 0.29) is 11.8 Å². The van der Waals surface area contributed by atoms with E-state index in [0.29, 0.717) is 0 Å². The van der Waals surface area contributed by atoms with E-state index in [1.54, 1.807) is 0 Å². The van der Waals surface area contributed by atoms with E-state index in [1.165, 1.54) is 0 Å². The van der Waals surface area contributed by atoms with Gasteiger partial charge in [-0.1, -0.05) is 6.92 Å². The summed E-state index contributed by atoms with van der Waals surface area (Å²) in [5.41, 5.74) is 5.15. The van der Waals surface area contributed by atoms with Gasteiger partial charge in [-0.25, -0.2) is 0 Å². The standard InChI is InChI=1S/C7H14N2O/c1-2-9-4-3-6(5-9)7(8)10/h6H,2-5H2,1H3,(H2,8,10)/t6-/m1/s1. The molecular formula is C7H14N2O. The molecule has 3 nitrogen and oxygen atoms in total. The van der Waals surface area contributed by atoms with Gasteiger partial charge in [-0.05, 0) is 19.5 Å². The van der Waals surface area contributed by atoms with Crippen LogP contribution < -0.4 is 5.73 Å². The van der Waals surface area contributed by atoms with Crippen LogP contribution in [-0.2, 0) is 4.79 Å². The number of hydrogen-bond acceptors (Lipinski definition) is 2. The van der Waals surface area contributed by atoms with Crippen LogP contribution in [0.15, 0.2) is 0 Å². The minimum atomic E-state index is -0.143. The molecule has 3 heteroatoms. The number of carbonyl (C=O) groups excluding carboxylic acids is 1. The summed E-state index contributed by atoms with van der Waals surface area (Å²) < 4.78 is 0. The number of rotatable bonds is 2. The van der Waals surface area contributed by atoms with Gasteiger partial charge in [0.2, 0.25) is 5.91 Å². The molecule has 1 rings (SSSR count). The Morgan fingerprint density at radius 3 is 2.80 bits per heavy atom. The van der Waals surface area contributed by atoms with E-state index in [0.717, 1.165) is 26.1 Å². The highest BCUT2D eigenvalue weighted by molar-refractivity contribution is 5.77. The first-order chi connectivity index (χ1) is 4.74. The van der Waals surface area contributed by atoms with Crippen molar-refractivity contribution in [2.24, 2.45) is 11.7 Å². The zero-order valence-electron chi connectivity index (χ0n) is 6.34. The van der Waals surface area contributed by atoms with E-state index in [2.05, 4.69) is 11.8 Å². The summed E-state index contributed by atoms with van der Waals surface area (Å²) in [6.07, 6.45) is 0.948. The number of amides is 1. The van der Waals surface area contributed by atoms with Crippen molar-refractivity contribution in [2.75, 3.05) is 19.6 Å². The normalized spacial score (nSPS) is 27.1. The first kappa shape index (κ1) is 7.54. The fourth-order valence-corrected chi connectivity index (χ4v) is 1.35. The van der Waals surface area contributed by atoms with Crippen molar-refractivity contribution in [2.45, 2.75) is 13.3 Å². The molecule has 0 aromatic carbocycles. The first-order valence-electron chi connectivity index (χ1n) is 3.75. The second kappa shape index (κ2) is 3.01. The van der Waals surface area contributed by atoms with Gasteiger partial charge in [-0.15, -0.1) is 0 Å². The molecule has 0 unspecified atom stereocenters. The molecule has 10 heavy (non-hydrogen) atoms. The Balaban J connectivity index is 2.35. The van der Waals surface area contributed by atoms with Crippen molar-refractivity contribution in [1.82, 2.24) is 4.90 Å². The molecule has 0 saturated carbocycles. The van der Waals surface area contributed by atoms with Crippen molar-refractivity contribution in [3.63, 3.8) is 0 Å². The Labute approximate surface area is 61.2 Å². The van der Waals surface area contributed by atoms with E-state index in [4.69, 9.17) is 5.73 Å². The molecule has 1 atom stereocenters. The SMILES string of the molecule is CCN1CC[C@@H](C(N)=O)C1. The predicted octanol–water partition coefficient (Wildman–Crippen LogP) is -0.187. The molecule has 0 aromatic heterocycles.